The molecule has 112 valence electrons. The van der Waals surface area contributed by atoms with Crippen LogP contribution in [-0.2, 0) is 6.54 Å². The van der Waals surface area contributed by atoms with Gasteiger partial charge in [0.2, 0.25) is 0 Å². The third-order valence-corrected chi connectivity index (χ3v) is 4.44. The monoisotopic (exact) mass is 285 g/mol. The Kier molecular flexibility index (Phi) is 4.34. The largest absolute Gasteiger partial charge is 0.315 e. The van der Waals surface area contributed by atoms with Gasteiger partial charge in [-0.15, -0.1) is 0 Å². The highest BCUT2D eigenvalue weighted by Gasteiger charge is 2.14. The number of fused-ring (bicyclic) bond motifs is 1. The van der Waals surface area contributed by atoms with E-state index >= 15 is 0 Å². The molecule has 0 atom stereocenters. The Balaban J connectivity index is 1.70. The van der Waals surface area contributed by atoms with Crippen molar-refractivity contribution in [2.24, 2.45) is 5.92 Å². The molecule has 0 spiro atoms. The van der Waals surface area contributed by atoms with Crippen LogP contribution < -0.4 is 10.9 Å². The smallest absolute Gasteiger partial charge is 0.272 e. The molecule has 0 unspecified atom stereocenters. The fourth-order valence-corrected chi connectivity index (χ4v) is 3.25. The van der Waals surface area contributed by atoms with Gasteiger partial charge in [0, 0.05) is 13.1 Å². The maximum Gasteiger partial charge on any atom is 0.272 e. The number of para-hydroxylation sites is 2. The molecule has 1 aromatic carbocycles. The zero-order valence-electron chi connectivity index (χ0n) is 12.6. The standard InChI is InChI=1S/C17H23N3O/c1-13-17(21)20(16-9-5-4-8-15(16)19-13)11-10-18-12-14-6-2-3-7-14/h4-5,8-9,14,18H,2-3,6-7,10-12H2,1H3. The number of aryl methyl sites for hydroxylation is 1. The first kappa shape index (κ1) is 14.3. The highest BCUT2D eigenvalue weighted by atomic mass is 16.1. The van der Waals surface area contributed by atoms with Crippen molar-refractivity contribution in [2.45, 2.75) is 39.2 Å². The lowest BCUT2D eigenvalue weighted by Gasteiger charge is -2.13. The normalized spacial score (nSPS) is 15.9. The zero-order valence-corrected chi connectivity index (χ0v) is 12.6. The summed E-state index contributed by atoms with van der Waals surface area (Å²) < 4.78 is 1.85. The Bertz CT molecular complexity index is 671. The minimum absolute atomic E-state index is 0.0244. The van der Waals surface area contributed by atoms with Crippen LogP contribution in [0, 0.1) is 12.8 Å². The number of benzene rings is 1. The van der Waals surface area contributed by atoms with Crippen LogP contribution in [0.2, 0.25) is 0 Å². The van der Waals surface area contributed by atoms with Gasteiger partial charge in [-0.05, 0) is 44.4 Å². The van der Waals surface area contributed by atoms with E-state index in [2.05, 4.69) is 10.3 Å². The summed E-state index contributed by atoms with van der Waals surface area (Å²) in [6.45, 7) is 4.41. The molecule has 1 aliphatic carbocycles. The van der Waals surface area contributed by atoms with E-state index in [4.69, 9.17) is 0 Å². The number of nitrogens with zero attached hydrogens (tertiary/aromatic N) is 2. The third-order valence-electron chi connectivity index (χ3n) is 4.44. The van der Waals surface area contributed by atoms with E-state index in [-0.39, 0.29) is 5.56 Å². The van der Waals surface area contributed by atoms with Crippen molar-refractivity contribution >= 4 is 11.0 Å². The highest BCUT2D eigenvalue weighted by Crippen LogP contribution is 2.23. The summed E-state index contributed by atoms with van der Waals surface area (Å²) in [5.74, 6) is 0.831. The van der Waals surface area contributed by atoms with Crippen molar-refractivity contribution in [3.05, 3.63) is 40.3 Å². The SMILES string of the molecule is Cc1nc2ccccc2n(CCNCC2CCCC2)c1=O. The van der Waals surface area contributed by atoms with Gasteiger partial charge in [0.25, 0.3) is 5.56 Å². The van der Waals surface area contributed by atoms with Crippen LogP contribution in [0.25, 0.3) is 11.0 Å². The number of hydrogen-bond acceptors (Lipinski definition) is 3. The van der Waals surface area contributed by atoms with E-state index in [0.29, 0.717) is 12.2 Å². The van der Waals surface area contributed by atoms with Crippen LogP contribution in [0.15, 0.2) is 29.1 Å². The first-order chi connectivity index (χ1) is 10.3. The summed E-state index contributed by atoms with van der Waals surface area (Å²) in [6, 6.07) is 7.85. The Morgan fingerprint density at radius 2 is 2.05 bits per heavy atom. The maximum atomic E-state index is 12.3. The van der Waals surface area contributed by atoms with Gasteiger partial charge < -0.3 is 9.88 Å². The van der Waals surface area contributed by atoms with Gasteiger partial charge in [0.15, 0.2) is 0 Å². The second-order valence-corrected chi connectivity index (χ2v) is 6.00. The number of aromatic nitrogens is 2. The lowest BCUT2D eigenvalue weighted by Crippen LogP contribution is -2.31. The van der Waals surface area contributed by atoms with E-state index < -0.39 is 0 Å². The summed E-state index contributed by atoms with van der Waals surface area (Å²) in [5, 5.41) is 3.51. The highest BCUT2D eigenvalue weighted by molar-refractivity contribution is 5.74. The molecular weight excluding hydrogens is 262 g/mol. The van der Waals surface area contributed by atoms with Crippen LogP contribution in [0.3, 0.4) is 0 Å². The molecule has 4 heteroatoms. The second kappa shape index (κ2) is 6.39. The van der Waals surface area contributed by atoms with E-state index in [1.54, 1.807) is 6.92 Å². The molecule has 0 bridgehead atoms. The van der Waals surface area contributed by atoms with Gasteiger partial charge in [0.05, 0.1) is 11.0 Å². The average molecular weight is 285 g/mol. The van der Waals surface area contributed by atoms with E-state index in [1.807, 2.05) is 28.8 Å². The van der Waals surface area contributed by atoms with Crippen molar-refractivity contribution in [3.8, 4) is 0 Å². The Hall–Kier alpha value is -1.68. The molecule has 1 N–H and O–H groups in total. The van der Waals surface area contributed by atoms with Crippen molar-refractivity contribution in [1.29, 1.82) is 0 Å². The van der Waals surface area contributed by atoms with Gasteiger partial charge in [0.1, 0.15) is 5.69 Å². The molecule has 0 amide bonds. The fraction of sp³-hybridized carbons (Fsp3) is 0.529. The Morgan fingerprint density at radius 1 is 1.29 bits per heavy atom. The molecule has 0 aliphatic heterocycles. The van der Waals surface area contributed by atoms with Crippen molar-refractivity contribution < 1.29 is 0 Å². The molecule has 0 radical (unpaired) electrons. The molecule has 1 aromatic heterocycles. The number of nitrogens with one attached hydrogen (secondary N) is 1. The predicted octanol–water partition coefficient (Wildman–Crippen LogP) is 2.48. The summed E-state index contributed by atoms with van der Waals surface area (Å²) in [5.41, 5.74) is 2.42. The molecular formula is C17H23N3O. The molecule has 1 heterocycles. The fourth-order valence-electron chi connectivity index (χ4n) is 3.25. The second-order valence-electron chi connectivity index (χ2n) is 6.00. The van der Waals surface area contributed by atoms with E-state index in [9.17, 15) is 4.79 Å². The van der Waals surface area contributed by atoms with Crippen LogP contribution in [-0.4, -0.2) is 22.6 Å². The Labute approximate surface area is 125 Å². The van der Waals surface area contributed by atoms with Crippen molar-refractivity contribution in [2.75, 3.05) is 13.1 Å². The molecule has 1 fully saturated rings. The quantitative estimate of drug-likeness (QED) is 0.859. The summed E-state index contributed by atoms with van der Waals surface area (Å²) in [6.07, 6.45) is 5.45. The van der Waals surface area contributed by atoms with Crippen LogP contribution in [0.1, 0.15) is 31.4 Å². The van der Waals surface area contributed by atoms with Gasteiger partial charge >= 0.3 is 0 Å². The average Bonchev–Trinajstić information content (AvgIpc) is 3.00. The first-order valence-corrected chi connectivity index (χ1v) is 7.92. The number of rotatable bonds is 5. The van der Waals surface area contributed by atoms with Crippen LogP contribution >= 0.6 is 0 Å². The topological polar surface area (TPSA) is 46.9 Å². The molecule has 1 aliphatic rings. The predicted molar refractivity (Wildman–Crippen MR) is 85.6 cm³/mol. The van der Waals surface area contributed by atoms with Gasteiger partial charge in [-0.25, -0.2) is 4.98 Å². The molecule has 21 heavy (non-hydrogen) atoms. The summed E-state index contributed by atoms with van der Waals surface area (Å²) in [7, 11) is 0. The molecule has 0 saturated heterocycles. The minimum Gasteiger partial charge on any atom is -0.315 e. The maximum absolute atomic E-state index is 12.3. The third kappa shape index (κ3) is 3.16. The molecule has 1 saturated carbocycles. The summed E-state index contributed by atoms with van der Waals surface area (Å²) >= 11 is 0. The minimum atomic E-state index is 0.0244. The van der Waals surface area contributed by atoms with Gasteiger partial charge in [-0.3, -0.25) is 4.79 Å². The summed E-state index contributed by atoms with van der Waals surface area (Å²) in [4.78, 5) is 16.7. The van der Waals surface area contributed by atoms with Crippen LogP contribution in [0.5, 0.6) is 0 Å². The van der Waals surface area contributed by atoms with Crippen molar-refractivity contribution in [3.63, 3.8) is 0 Å². The molecule has 2 aromatic rings. The first-order valence-electron chi connectivity index (χ1n) is 7.92. The lowest BCUT2D eigenvalue weighted by molar-refractivity contribution is 0.476. The number of hydrogen-bond donors (Lipinski definition) is 1. The van der Waals surface area contributed by atoms with Crippen LogP contribution in [0.4, 0.5) is 0 Å². The zero-order chi connectivity index (χ0) is 14.7. The lowest BCUT2D eigenvalue weighted by atomic mass is 10.1. The van der Waals surface area contributed by atoms with E-state index in [1.165, 1.54) is 25.7 Å². The van der Waals surface area contributed by atoms with Crippen molar-refractivity contribution in [1.82, 2.24) is 14.9 Å². The van der Waals surface area contributed by atoms with Gasteiger partial charge in [-0.2, -0.15) is 0 Å². The molecule has 4 nitrogen and oxygen atoms in total. The van der Waals surface area contributed by atoms with Gasteiger partial charge in [-0.1, -0.05) is 25.0 Å². The molecule has 3 rings (SSSR count). The Morgan fingerprint density at radius 3 is 2.86 bits per heavy atom. The van der Waals surface area contributed by atoms with E-state index in [0.717, 1.165) is 30.0 Å².